The lowest BCUT2D eigenvalue weighted by molar-refractivity contribution is 0.404. The summed E-state index contributed by atoms with van der Waals surface area (Å²) in [4.78, 5) is 0. The highest BCUT2D eigenvalue weighted by Crippen LogP contribution is 2.34. The van der Waals surface area contributed by atoms with Crippen LogP contribution in [0.2, 0.25) is 5.02 Å². The molecule has 0 saturated heterocycles. The fourth-order valence-electron chi connectivity index (χ4n) is 2.67. The summed E-state index contributed by atoms with van der Waals surface area (Å²) in [7, 11) is 3.39. The van der Waals surface area contributed by atoms with Crippen LogP contribution in [0.4, 0.5) is 4.39 Å². The summed E-state index contributed by atoms with van der Waals surface area (Å²) in [6, 6.07) is 8.62. The Labute approximate surface area is 129 Å². The van der Waals surface area contributed by atoms with Crippen molar-refractivity contribution in [1.82, 2.24) is 5.32 Å². The van der Waals surface area contributed by atoms with Gasteiger partial charge in [0.05, 0.1) is 13.2 Å². The molecule has 0 amide bonds. The molecule has 0 saturated carbocycles. The van der Waals surface area contributed by atoms with Crippen molar-refractivity contribution in [2.24, 2.45) is 0 Å². The first kappa shape index (κ1) is 15.8. The van der Waals surface area contributed by atoms with E-state index in [0.717, 1.165) is 16.7 Å². The van der Waals surface area contributed by atoms with Gasteiger partial charge in [-0.2, -0.15) is 0 Å². The van der Waals surface area contributed by atoms with Crippen LogP contribution in [0.3, 0.4) is 0 Å². The van der Waals surface area contributed by atoms with Gasteiger partial charge in [0.15, 0.2) is 0 Å². The predicted octanol–water partition coefficient (Wildman–Crippen LogP) is 4.41. The van der Waals surface area contributed by atoms with Crippen LogP contribution in [0.1, 0.15) is 28.3 Å². The molecule has 2 aromatic carbocycles. The lowest BCUT2D eigenvalue weighted by Gasteiger charge is -2.22. The van der Waals surface area contributed by atoms with Gasteiger partial charge in [0.2, 0.25) is 0 Å². The standard InChI is InChI=1S/C17H19ClFNO/c1-10-7-11(2)16(14(19)8-10)17(20-3)13-6-5-12(18)9-15(13)21-4/h5-9,17,20H,1-4H3. The fraction of sp³-hybridized carbons (Fsp3) is 0.294. The summed E-state index contributed by atoms with van der Waals surface area (Å²) in [6.07, 6.45) is 0. The zero-order valence-electron chi connectivity index (χ0n) is 12.6. The van der Waals surface area contributed by atoms with Crippen LogP contribution in [0.25, 0.3) is 0 Å². The monoisotopic (exact) mass is 307 g/mol. The largest absolute Gasteiger partial charge is 0.496 e. The van der Waals surface area contributed by atoms with Crippen molar-refractivity contribution in [2.45, 2.75) is 19.9 Å². The van der Waals surface area contributed by atoms with Gasteiger partial charge in [-0.15, -0.1) is 0 Å². The highest BCUT2D eigenvalue weighted by atomic mass is 35.5. The number of methoxy groups -OCH3 is 1. The minimum Gasteiger partial charge on any atom is -0.496 e. The van der Waals surface area contributed by atoms with Crippen molar-refractivity contribution in [2.75, 3.05) is 14.2 Å². The third-order valence-electron chi connectivity index (χ3n) is 3.56. The highest BCUT2D eigenvalue weighted by molar-refractivity contribution is 6.30. The number of ether oxygens (including phenoxy) is 1. The number of nitrogens with one attached hydrogen (secondary N) is 1. The second-order valence-electron chi connectivity index (χ2n) is 5.09. The Hall–Kier alpha value is -1.58. The molecule has 0 fully saturated rings. The normalized spacial score (nSPS) is 12.3. The molecule has 0 bridgehead atoms. The van der Waals surface area contributed by atoms with Gasteiger partial charge in [-0.3, -0.25) is 0 Å². The Morgan fingerprint density at radius 2 is 1.90 bits per heavy atom. The summed E-state index contributed by atoms with van der Waals surface area (Å²) in [6.45, 7) is 3.80. The van der Waals surface area contributed by atoms with E-state index in [1.54, 1.807) is 32.4 Å². The summed E-state index contributed by atoms with van der Waals surface area (Å²) < 4.78 is 19.8. The van der Waals surface area contributed by atoms with Crippen LogP contribution < -0.4 is 10.1 Å². The molecule has 2 aromatic rings. The number of rotatable bonds is 4. The average molecular weight is 308 g/mol. The first-order valence-corrected chi connectivity index (χ1v) is 7.13. The number of halogens is 2. The zero-order valence-corrected chi connectivity index (χ0v) is 13.4. The van der Waals surface area contributed by atoms with Crippen molar-refractivity contribution < 1.29 is 9.13 Å². The smallest absolute Gasteiger partial charge is 0.128 e. The van der Waals surface area contributed by atoms with Gasteiger partial charge in [0.25, 0.3) is 0 Å². The van der Waals surface area contributed by atoms with Gasteiger partial charge in [-0.1, -0.05) is 23.7 Å². The molecular formula is C17H19ClFNO. The minimum atomic E-state index is -0.294. The van der Waals surface area contributed by atoms with Gasteiger partial charge in [0, 0.05) is 16.1 Å². The van der Waals surface area contributed by atoms with E-state index < -0.39 is 0 Å². The Kier molecular flexibility index (Phi) is 4.86. The molecule has 0 aliphatic carbocycles. The lowest BCUT2D eigenvalue weighted by atomic mass is 9.92. The van der Waals surface area contributed by atoms with Crippen LogP contribution >= 0.6 is 11.6 Å². The first-order chi connectivity index (χ1) is 9.97. The van der Waals surface area contributed by atoms with E-state index in [4.69, 9.17) is 16.3 Å². The molecule has 0 aliphatic heterocycles. The molecule has 1 atom stereocenters. The van der Waals surface area contributed by atoms with Gasteiger partial charge in [0.1, 0.15) is 11.6 Å². The maximum Gasteiger partial charge on any atom is 0.128 e. The molecule has 4 heteroatoms. The van der Waals surface area contributed by atoms with Crippen LogP contribution in [0.15, 0.2) is 30.3 Å². The molecule has 21 heavy (non-hydrogen) atoms. The zero-order chi connectivity index (χ0) is 15.6. The number of hydrogen-bond donors (Lipinski definition) is 1. The average Bonchev–Trinajstić information content (AvgIpc) is 2.43. The summed E-state index contributed by atoms with van der Waals surface area (Å²) >= 11 is 6.00. The fourth-order valence-corrected chi connectivity index (χ4v) is 2.83. The van der Waals surface area contributed by atoms with E-state index >= 15 is 0 Å². The molecule has 0 spiro atoms. The van der Waals surface area contributed by atoms with Crippen LogP contribution in [-0.2, 0) is 0 Å². The van der Waals surface area contributed by atoms with Crippen molar-refractivity contribution in [3.8, 4) is 5.75 Å². The predicted molar refractivity (Wildman–Crippen MR) is 84.8 cm³/mol. The number of hydrogen-bond acceptors (Lipinski definition) is 2. The topological polar surface area (TPSA) is 21.3 Å². The quantitative estimate of drug-likeness (QED) is 0.903. The molecule has 2 nitrogen and oxygen atoms in total. The molecule has 0 aromatic heterocycles. The summed E-state index contributed by atoms with van der Waals surface area (Å²) in [5.74, 6) is 0.421. The second-order valence-corrected chi connectivity index (χ2v) is 5.52. The molecule has 1 unspecified atom stereocenters. The third-order valence-corrected chi connectivity index (χ3v) is 3.80. The van der Waals surface area contributed by atoms with E-state index in [1.807, 2.05) is 26.0 Å². The van der Waals surface area contributed by atoms with E-state index in [9.17, 15) is 4.39 Å². The van der Waals surface area contributed by atoms with Gasteiger partial charge < -0.3 is 10.1 Å². The Balaban J connectivity index is 2.60. The lowest BCUT2D eigenvalue weighted by Crippen LogP contribution is -2.21. The molecular weight excluding hydrogens is 289 g/mol. The van der Waals surface area contributed by atoms with Crippen LogP contribution in [0.5, 0.6) is 5.75 Å². The molecule has 112 valence electrons. The van der Waals surface area contributed by atoms with Crippen molar-refractivity contribution in [3.63, 3.8) is 0 Å². The van der Waals surface area contributed by atoms with Crippen LogP contribution in [-0.4, -0.2) is 14.2 Å². The second kappa shape index (κ2) is 6.46. The van der Waals surface area contributed by atoms with Crippen molar-refractivity contribution >= 4 is 11.6 Å². The molecule has 2 rings (SSSR count). The van der Waals surface area contributed by atoms with Crippen LogP contribution in [0, 0.1) is 19.7 Å². The number of aryl methyl sites for hydroxylation is 2. The Morgan fingerprint density at radius 1 is 1.19 bits per heavy atom. The van der Waals surface area contributed by atoms with Gasteiger partial charge in [-0.25, -0.2) is 4.39 Å². The molecule has 0 heterocycles. The van der Waals surface area contributed by atoms with E-state index in [-0.39, 0.29) is 11.9 Å². The number of benzene rings is 2. The first-order valence-electron chi connectivity index (χ1n) is 6.75. The van der Waals surface area contributed by atoms with E-state index in [0.29, 0.717) is 16.3 Å². The van der Waals surface area contributed by atoms with E-state index in [1.165, 1.54) is 0 Å². The third kappa shape index (κ3) is 3.20. The molecule has 0 radical (unpaired) electrons. The maximum atomic E-state index is 14.4. The Morgan fingerprint density at radius 3 is 2.48 bits per heavy atom. The maximum absolute atomic E-state index is 14.4. The van der Waals surface area contributed by atoms with Gasteiger partial charge in [-0.05, 0) is 50.2 Å². The molecule has 1 N–H and O–H groups in total. The highest BCUT2D eigenvalue weighted by Gasteiger charge is 2.22. The van der Waals surface area contributed by atoms with E-state index in [2.05, 4.69) is 5.32 Å². The van der Waals surface area contributed by atoms with Crippen molar-refractivity contribution in [1.29, 1.82) is 0 Å². The van der Waals surface area contributed by atoms with Crippen molar-refractivity contribution in [3.05, 3.63) is 63.4 Å². The SMILES string of the molecule is CNC(c1ccc(Cl)cc1OC)c1c(C)cc(C)cc1F. The summed E-state index contributed by atoms with van der Waals surface area (Å²) in [5.41, 5.74) is 3.30. The van der Waals surface area contributed by atoms with Gasteiger partial charge >= 0.3 is 0 Å². The minimum absolute atomic E-state index is 0.219. The summed E-state index contributed by atoms with van der Waals surface area (Å²) in [5, 5.41) is 3.76. The Bertz CT molecular complexity index is 634. The molecule has 0 aliphatic rings.